The number of rotatable bonds is 4. The lowest BCUT2D eigenvalue weighted by atomic mass is 10.1. The number of amides is 1. The van der Waals surface area contributed by atoms with Gasteiger partial charge in [-0.3, -0.25) is 9.59 Å². The van der Waals surface area contributed by atoms with Crippen molar-refractivity contribution in [2.75, 3.05) is 5.32 Å². The number of nitrogens with zero attached hydrogens (tertiary/aromatic N) is 3. The fraction of sp³-hybridized carbons (Fsp3) is 0.267. The highest BCUT2D eigenvalue weighted by Crippen LogP contribution is 2.27. The Morgan fingerprint density at radius 3 is 2.79 bits per heavy atom. The lowest BCUT2D eigenvalue weighted by Gasteiger charge is -2.05. The molecule has 1 aromatic carbocycles. The van der Waals surface area contributed by atoms with E-state index in [0.29, 0.717) is 20.9 Å². The smallest absolute Gasteiger partial charge is 0.271 e. The number of benzene rings is 1. The van der Waals surface area contributed by atoms with Crippen LogP contribution in [0.2, 0.25) is 0 Å². The first-order chi connectivity index (χ1) is 11.4. The Morgan fingerprint density at radius 1 is 1.29 bits per heavy atom. The molecule has 2 heterocycles. The lowest BCUT2D eigenvalue weighted by Crippen LogP contribution is -2.14. The SMILES string of the molecule is CC(=O)Nc1nnc(SCc2nc3cc(C)c(C)cc3[nH]c2=O)s1. The summed E-state index contributed by atoms with van der Waals surface area (Å²) in [4.78, 5) is 30.5. The third-order valence-electron chi connectivity index (χ3n) is 3.40. The van der Waals surface area contributed by atoms with Crippen molar-refractivity contribution >= 4 is 45.2 Å². The van der Waals surface area contributed by atoms with E-state index in [4.69, 9.17) is 0 Å². The summed E-state index contributed by atoms with van der Waals surface area (Å²) in [6.45, 7) is 5.43. The second-order valence-electron chi connectivity index (χ2n) is 5.31. The van der Waals surface area contributed by atoms with Gasteiger partial charge in [-0.1, -0.05) is 23.1 Å². The first-order valence-corrected chi connectivity index (χ1v) is 8.96. The Bertz CT molecular complexity index is 980. The maximum atomic E-state index is 12.2. The molecule has 0 aliphatic heterocycles. The van der Waals surface area contributed by atoms with Crippen LogP contribution in [0.15, 0.2) is 21.3 Å². The predicted octanol–water partition coefficient (Wildman–Crippen LogP) is 2.64. The highest BCUT2D eigenvalue weighted by molar-refractivity contribution is 8.00. The van der Waals surface area contributed by atoms with E-state index in [1.54, 1.807) is 0 Å². The van der Waals surface area contributed by atoms with Crippen LogP contribution in [0.4, 0.5) is 5.13 Å². The molecule has 3 aromatic rings. The Kier molecular flexibility index (Phi) is 4.63. The molecule has 0 bridgehead atoms. The number of hydrogen-bond acceptors (Lipinski definition) is 7. The summed E-state index contributed by atoms with van der Waals surface area (Å²) in [6.07, 6.45) is 0. The van der Waals surface area contributed by atoms with Gasteiger partial charge in [-0.25, -0.2) is 4.98 Å². The summed E-state index contributed by atoms with van der Waals surface area (Å²) >= 11 is 2.63. The Labute approximate surface area is 145 Å². The molecule has 24 heavy (non-hydrogen) atoms. The minimum Gasteiger partial charge on any atom is -0.319 e. The highest BCUT2D eigenvalue weighted by atomic mass is 32.2. The van der Waals surface area contributed by atoms with Crippen molar-refractivity contribution in [3.63, 3.8) is 0 Å². The Morgan fingerprint density at radius 2 is 2.04 bits per heavy atom. The van der Waals surface area contributed by atoms with Gasteiger partial charge >= 0.3 is 0 Å². The number of aromatic nitrogens is 4. The molecule has 7 nitrogen and oxygen atoms in total. The maximum Gasteiger partial charge on any atom is 0.271 e. The number of aryl methyl sites for hydroxylation is 2. The topological polar surface area (TPSA) is 101 Å². The van der Waals surface area contributed by atoms with Gasteiger partial charge in [0.1, 0.15) is 5.69 Å². The molecule has 124 valence electrons. The number of thioether (sulfide) groups is 1. The lowest BCUT2D eigenvalue weighted by molar-refractivity contribution is -0.114. The van der Waals surface area contributed by atoms with E-state index < -0.39 is 0 Å². The number of carbonyl (C=O) groups is 1. The van der Waals surface area contributed by atoms with Gasteiger partial charge in [-0.15, -0.1) is 10.2 Å². The van der Waals surface area contributed by atoms with Gasteiger partial charge in [0, 0.05) is 12.7 Å². The fourth-order valence-electron chi connectivity index (χ4n) is 2.08. The zero-order valence-corrected chi connectivity index (χ0v) is 15.0. The summed E-state index contributed by atoms with van der Waals surface area (Å²) in [5.74, 6) is 0.188. The number of H-pyrrole nitrogens is 1. The van der Waals surface area contributed by atoms with E-state index in [-0.39, 0.29) is 11.5 Å². The molecule has 1 amide bonds. The molecule has 0 spiro atoms. The number of nitrogens with one attached hydrogen (secondary N) is 2. The summed E-state index contributed by atoms with van der Waals surface area (Å²) < 4.78 is 0.667. The quantitative estimate of drug-likeness (QED) is 0.547. The minimum absolute atomic E-state index is 0.194. The summed E-state index contributed by atoms with van der Waals surface area (Å²) in [7, 11) is 0. The normalized spacial score (nSPS) is 11.0. The molecule has 3 rings (SSSR count). The van der Waals surface area contributed by atoms with Crippen LogP contribution in [0, 0.1) is 13.8 Å². The molecule has 9 heteroatoms. The number of aromatic amines is 1. The van der Waals surface area contributed by atoms with Crippen molar-refractivity contribution in [1.29, 1.82) is 0 Å². The summed E-state index contributed by atoms with van der Waals surface area (Å²) in [5.41, 5.74) is 3.98. The molecule has 0 aliphatic carbocycles. The molecule has 0 saturated carbocycles. The standard InChI is InChI=1S/C15H15N5O2S2/c1-7-4-10-11(5-8(7)2)18-13(22)12(17-10)6-23-15-20-19-14(24-15)16-9(3)21/h4-5H,6H2,1-3H3,(H,18,22)(H,16,19,21). The molecule has 0 fully saturated rings. The Hall–Kier alpha value is -2.26. The summed E-state index contributed by atoms with van der Waals surface area (Å²) in [6, 6.07) is 3.90. The highest BCUT2D eigenvalue weighted by Gasteiger charge is 2.10. The second kappa shape index (κ2) is 6.70. The number of hydrogen-bond donors (Lipinski definition) is 2. The fourth-order valence-corrected chi connectivity index (χ4v) is 3.81. The third-order valence-corrected chi connectivity index (χ3v) is 5.38. The van der Waals surface area contributed by atoms with Crippen molar-refractivity contribution in [3.8, 4) is 0 Å². The van der Waals surface area contributed by atoms with Crippen LogP contribution < -0.4 is 10.9 Å². The van der Waals surface area contributed by atoms with Gasteiger partial charge < -0.3 is 10.3 Å². The third kappa shape index (κ3) is 3.62. The number of fused-ring (bicyclic) bond motifs is 1. The monoisotopic (exact) mass is 361 g/mol. The van der Waals surface area contributed by atoms with Crippen LogP contribution in [0.5, 0.6) is 0 Å². The van der Waals surface area contributed by atoms with E-state index in [9.17, 15) is 9.59 Å². The van der Waals surface area contributed by atoms with Crippen molar-refractivity contribution in [2.24, 2.45) is 0 Å². The van der Waals surface area contributed by atoms with Gasteiger partial charge in [0.05, 0.1) is 11.0 Å². The maximum absolute atomic E-state index is 12.2. The van der Waals surface area contributed by atoms with Gasteiger partial charge in [-0.05, 0) is 37.1 Å². The molecule has 0 atom stereocenters. The van der Waals surface area contributed by atoms with Crippen molar-refractivity contribution in [3.05, 3.63) is 39.3 Å². The minimum atomic E-state index is -0.204. The molecular weight excluding hydrogens is 346 g/mol. The van der Waals surface area contributed by atoms with Gasteiger partial charge in [0.15, 0.2) is 4.34 Å². The van der Waals surface area contributed by atoms with Crippen LogP contribution in [0.3, 0.4) is 0 Å². The number of carbonyl (C=O) groups excluding carboxylic acids is 1. The van der Waals surface area contributed by atoms with Crippen molar-refractivity contribution < 1.29 is 4.79 Å². The van der Waals surface area contributed by atoms with Gasteiger partial charge in [0.2, 0.25) is 11.0 Å². The molecule has 0 radical (unpaired) electrons. The first kappa shape index (κ1) is 16.6. The van der Waals surface area contributed by atoms with Gasteiger partial charge in [0.25, 0.3) is 5.56 Å². The summed E-state index contributed by atoms with van der Waals surface area (Å²) in [5, 5.41) is 10.9. The van der Waals surface area contributed by atoms with E-state index >= 15 is 0 Å². The van der Waals surface area contributed by atoms with Crippen LogP contribution in [0.1, 0.15) is 23.7 Å². The van der Waals surface area contributed by atoms with E-state index in [0.717, 1.165) is 22.2 Å². The molecular formula is C15H15N5O2S2. The van der Waals surface area contributed by atoms with Crippen LogP contribution in [-0.2, 0) is 10.5 Å². The van der Waals surface area contributed by atoms with Crippen molar-refractivity contribution in [1.82, 2.24) is 20.2 Å². The van der Waals surface area contributed by atoms with Crippen molar-refractivity contribution in [2.45, 2.75) is 30.9 Å². The predicted molar refractivity (Wildman–Crippen MR) is 95.6 cm³/mol. The van der Waals surface area contributed by atoms with Crippen LogP contribution >= 0.6 is 23.1 Å². The largest absolute Gasteiger partial charge is 0.319 e. The zero-order chi connectivity index (χ0) is 17.3. The molecule has 0 unspecified atom stereocenters. The van der Waals surface area contributed by atoms with Crippen LogP contribution in [-0.4, -0.2) is 26.1 Å². The van der Waals surface area contributed by atoms with Crippen LogP contribution in [0.25, 0.3) is 11.0 Å². The molecule has 2 aromatic heterocycles. The van der Waals surface area contributed by atoms with E-state index in [1.165, 1.54) is 30.0 Å². The Balaban J connectivity index is 1.81. The zero-order valence-electron chi connectivity index (χ0n) is 13.3. The van der Waals surface area contributed by atoms with E-state index in [2.05, 4.69) is 25.5 Å². The van der Waals surface area contributed by atoms with E-state index in [1.807, 2.05) is 26.0 Å². The second-order valence-corrected chi connectivity index (χ2v) is 7.51. The molecule has 0 aliphatic rings. The van der Waals surface area contributed by atoms with Gasteiger partial charge in [-0.2, -0.15) is 0 Å². The molecule has 0 saturated heterocycles. The average molecular weight is 361 g/mol. The first-order valence-electron chi connectivity index (χ1n) is 7.16. The average Bonchev–Trinajstić information content (AvgIpc) is 2.94. The molecule has 2 N–H and O–H groups in total. The number of anilines is 1.